The SMILES string of the molecule is O=C(O)[C@H]1CN(C(=O)c2coc3ccccc23)C[C@@H]1C1CC1. The van der Waals surface area contributed by atoms with Crippen LogP contribution >= 0.6 is 0 Å². The highest BCUT2D eigenvalue weighted by Gasteiger charge is 2.47. The molecule has 1 aromatic carbocycles. The Kier molecular flexibility index (Phi) is 2.96. The number of nitrogens with zero attached hydrogens (tertiary/aromatic N) is 1. The number of carboxylic acids is 1. The Morgan fingerprint density at radius 1 is 1.18 bits per heavy atom. The van der Waals surface area contributed by atoms with E-state index in [9.17, 15) is 14.7 Å². The van der Waals surface area contributed by atoms with Crippen molar-refractivity contribution in [3.05, 3.63) is 36.1 Å². The lowest BCUT2D eigenvalue weighted by Crippen LogP contribution is -2.29. The van der Waals surface area contributed by atoms with E-state index in [1.807, 2.05) is 24.3 Å². The molecule has 2 heterocycles. The van der Waals surface area contributed by atoms with Crippen LogP contribution in [0, 0.1) is 17.8 Å². The third-order valence-corrected chi connectivity index (χ3v) is 4.91. The van der Waals surface area contributed by atoms with Crippen molar-refractivity contribution in [3.8, 4) is 0 Å². The Hall–Kier alpha value is -2.30. The maximum atomic E-state index is 12.8. The summed E-state index contributed by atoms with van der Waals surface area (Å²) >= 11 is 0. The van der Waals surface area contributed by atoms with Gasteiger partial charge in [-0.15, -0.1) is 0 Å². The lowest BCUT2D eigenvalue weighted by atomic mass is 9.92. The molecular formula is C17H17NO4. The summed E-state index contributed by atoms with van der Waals surface area (Å²) in [4.78, 5) is 25.9. The van der Waals surface area contributed by atoms with Gasteiger partial charge in [-0.3, -0.25) is 9.59 Å². The monoisotopic (exact) mass is 299 g/mol. The number of carboxylic acid groups (broad SMARTS) is 1. The number of hydrogen-bond donors (Lipinski definition) is 1. The van der Waals surface area contributed by atoms with Gasteiger partial charge in [0, 0.05) is 18.5 Å². The van der Waals surface area contributed by atoms with Crippen LogP contribution in [0.1, 0.15) is 23.2 Å². The van der Waals surface area contributed by atoms with Crippen molar-refractivity contribution >= 4 is 22.8 Å². The molecule has 1 aromatic heterocycles. The van der Waals surface area contributed by atoms with E-state index in [-0.39, 0.29) is 11.8 Å². The quantitative estimate of drug-likeness (QED) is 0.945. The second-order valence-electron chi connectivity index (χ2n) is 6.30. The third kappa shape index (κ3) is 2.08. The third-order valence-electron chi connectivity index (χ3n) is 4.91. The molecule has 0 spiro atoms. The molecule has 2 aliphatic rings. The minimum absolute atomic E-state index is 0.0969. The highest BCUT2D eigenvalue weighted by Crippen LogP contribution is 2.44. The summed E-state index contributed by atoms with van der Waals surface area (Å²) in [7, 11) is 0. The van der Waals surface area contributed by atoms with Crippen LogP contribution in [-0.4, -0.2) is 35.0 Å². The Labute approximate surface area is 127 Å². The predicted octanol–water partition coefficient (Wildman–Crippen LogP) is 2.62. The number of carbonyl (C=O) groups is 2. The lowest BCUT2D eigenvalue weighted by Gasteiger charge is -2.15. The Bertz CT molecular complexity index is 746. The van der Waals surface area contributed by atoms with Gasteiger partial charge in [0.2, 0.25) is 0 Å². The largest absolute Gasteiger partial charge is 0.481 e. The van der Waals surface area contributed by atoms with Gasteiger partial charge in [0.1, 0.15) is 11.8 Å². The average molecular weight is 299 g/mol. The number of rotatable bonds is 3. The van der Waals surface area contributed by atoms with Crippen LogP contribution in [0.2, 0.25) is 0 Å². The summed E-state index contributed by atoms with van der Waals surface area (Å²) in [5.74, 6) is -0.780. The van der Waals surface area contributed by atoms with Crippen LogP contribution in [0.15, 0.2) is 34.9 Å². The van der Waals surface area contributed by atoms with Gasteiger partial charge in [-0.1, -0.05) is 18.2 Å². The van der Waals surface area contributed by atoms with Gasteiger partial charge in [0.05, 0.1) is 11.5 Å². The van der Waals surface area contributed by atoms with E-state index in [4.69, 9.17) is 4.42 Å². The van der Waals surface area contributed by atoms with Crippen LogP contribution in [0.25, 0.3) is 11.0 Å². The molecule has 1 aliphatic heterocycles. The number of para-hydroxylation sites is 1. The van der Waals surface area contributed by atoms with Crippen molar-refractivity contribution in [2.24, 2.45) is 17.8 Å². The molecule has 1 saturated carbocycles. The van der Waals surface area contributed by atoms with Crippen LogP contribution in [0.5, 0.6) is 0 Å². The first-order valence-electron chi connectivity index (χ1n) is 7.63. The summed E-state index contributed by atoms with van der Waals surface area (Å²) in [6.45, 7) is 0.842. The zero-order valence-corrected chi connectivity index (χ0v) is 12.1. The smallest absolute Gasteiger partial charge is 0.308 e. The number of likely N-dealkylation sites (tertiary alicyclic amines) is 1. The Morgan fingerprint density at radius 2 is 1.95 bits per heavy atom. The topological polar surface area (TPSA) is 70.8 Å². The number of carbonyl (C=O) groups excluding carboxylic acids is 1. The summed E-state index contributed by atoms with van der Waals surface area (Å²) in [6, 6.07) is 7.41. The zero-order valence-electron chi connectivity index (χ0n) is 12.1. The molecule has 1 N–H and O–H groups in total. The lowest BCUT2D eigenvalue weighted by molar-refractivity contribution is -0.142. The maximum Gasteiger partial charge on any atom is 0.308 e. The number of fused-ring (bicyclic) bond motifs is 1. The van der Waals surface area contributed by atoms with Crippen LogP contribution in [0.3, 0.4) is 0 Å². The summed E-state index contributed by atoms with van der Waals surface area (Å²) in [6.07, 6.45) is 3.66. The summed E-state index contributed by atoms with van der Waals surface area (Å²) in [5, 5.41) is 10.2. The van der Waals surface area contributed by atoms with Crippen LogP contribution in [-0.2, 0) is 4.79 Å². The molecule has 5 nitrogen and oxygen atoms in total. The maximum absolute atomic E-state index is 12.8. The van der Waals surface area contributed by atoms with Gasteiger partial charge in [0.25, 0.3) is 5.91 Å². The highest BCUT2D eigenvalue weighted by molar-refractivity contribution is 6.06. The number of aliphatic carboxylic acids is 1. The van der Waals surface area contributed by atoms with Crippen molar-refractivity contribution in [2.75, 3.05) is 13.1 Å². The van der Waals surface area contributed by atoms with Gasteiger partial charge in [0.15, 0.2) is 0 Å². The van der Waals surface area contributed by atoms with Gasteiger partial charge in [-0.2, -0.15) is 0 Å². The fourth-order valence-electron chi connectivity index (χ4n) is 3.57. The number of furan rings is 1. The molecular weight excluding hydrogens is 282 g/mol. The van der Waals surface area contributed by atoms with Gasteiger partial charge >= 0.3 is 5.97 Å². The van der Waals surface area contributed by atoms with Gasteiger partial charge in [-0.05, 0) is 30.7 Å². The molecule has 2 atom stereocenters. The predicted molar refractivity (Wildman–Crippen MR) is 79.5 cm³/mol. The van der Waals surface area contributed by atoms with Crippen molar-refractivity contribution in [1.29, 1.82) is 0 Å². The first-order chi connectivity index (χ1) is 10.6. The van der Waals surface area contributed by atoms with Crippen molar-refractivity contribution in [3.63, 3.8) is 0 Å². The van der Waals surface area contributed by atoms with Crippen molar-refractivity contribution in [1.82, 2.24) is 4.90 Å². The van der Waals surface area contributed by atoms with E-state index in [1.165, 1.54) is 6.26 Å². The minimum Gasteiger partial charge on any atom is -0.481 e. The van der Waals surface area contributed by atoms with E-state index >= 15 is 0 Å². The molecule has 22 heavy (non-hydrogen) atoms. The molecule has 1 saturated heterocycles. The highest BCUT2D eigenvalue weighted by atomic mass is 16.4. The summed E-state index contributed by atoms with van der Waals surface area (Å²) in [5.41, 5.74) is 1.20. The minimum atomic E-state index is -0.788. The van der Waals surface area contributed by atoms with Crippen LogP contribution < -0.4 is 0 Å². The van der Waals surface area contributed by atoms with E-state index in [1.54, 1.807) is 4.90 Å². The van der Waals surface area contributed by atoms with Gasteiger partial charge in [-0.25, -0.2) is 0 Å². The molecule has 2 fully saturated rings. The summed E-state index contributed by atoms with van der Waals surface area (Å²) < 4.78 is 5.43. The zero-order chi connectivity index (χ0) is 15.3. The molecule has 0 radical (unpaired) electrons. The average Bonchev–Trinajstić information content (AvgIpc) is 3.12. The van der Waals surface area contributed by atoms with E-state index in [0.29, 0.717) is 30.2 Å². The number of hydrogen-bond acceptors (Lipinski definition) is 3. The molecule has 0 unspecified atom stereocenters. The first kappa shape index (κ1) is 13.4. The first-order valence-corrected chi connectivity index (χ1v) is 7.63. The van der Waals surface area contributed by atoms with Gasteiger partial charge < -0.3 is 14.4 Å². The van der Waals surface area contributed by atoms with E-state index in [2.05, 4.69) is 0 Å². The fourth-order valence-corrected chi connectivity index (χ4v) is 3.57. The molecule has 1 amide bonds. The molecule has 0 bridgehead atoms. The molecule has 4 rings (SSSR count). The second-order valence-corrected chi connectivity index (χ2v) is 6.30. The normalized spacial score (nSPS) is 24.8. The molecule has 1 aliphatic carbocycles. The number of amides is 1. The van der Waals surface area contributed by atoms with E-state index in [0.717, 1.165) is 18.2 Å². The van der Waals surface area contributed by atoms with Crippen molar-refractivity contribution in [2.45, 2.75) is 12.8 Å². The van der Waals surface area contributed by atoms with Crippen LogP contribution in [0.4, 0.5) is 0 Å². The van der Waals surface area contributed by atoms with Crippen molar-refractivity contribution < 1.29 is 19.1 Å². The van der Waals surface area contributed by atoms with E-state index < -0.39 is 11.9 Å². The molecule has 114 valence electrons. The Balaban J connectivity index is 1.62. The number of benzene rings is 1. The fraction of sp³-hybridized carbons (Fsp3) is 0.412. The molecule has 2 aromatic rings. The second kappa shape index (κ2) is 4.87. The molecule has 5 heteroatoms. The Morgan fingerprint density at radius 3 is 2.68 bits per heavy atom. The standard InChI is InChI=1S/C17H17NO4/c19-16(14-9-22-15-4-2-1-3-11(14)15)18-7-12(10-5-6-10)13(8-18)17(20)21/h1-4,9-10,12-13H,5-8H2,(H,20,21)/t12-,13+/m1/s1.